The first-order chi connectivity index (χ1) is 7.29. The average Bonchev–Trinajstić information content (AvgIpc) is 2.26. The molecule has 2 heteroatoms. The SMILES string of the molecule is CCCCCCC(NCC)C(CC)OC. The van der Waals surface area contributed by atoms with Crippen molar-refractivity contribution in [1.82, 2.24) is 5.32 Å². The Kier molecular flexibility index (Phi) is 10.4. The van der Waals surface area contributed by atoms with Crippen LogP contribution < -0.4 is 5.32 Å². The van der Waals surface area contributed by atoms with E-state index in [1.54, 1.807) is 0 Å². The second-order valence-electron chi connectivity index (χ2n) is 4.20. The van der Waals surface area contributed by atoms with Gasteiger partial charge < -0.3 is 10.1 Å². The van der Waals surface area contributed by atoms with Crippen LogP contribution in [0, 0.1) is 0 Å². The van der Waals surface area contributed by atoms with Crippen molar-refractivity contribution in [2.45, 2.75) is 71.4 Å². The van der Waals surface area contributed by atoms with E-state index in [0.717, 1.165) is 13.0 Å². The summed E-state index contributed by atoms with van der Waals surface area (Å²) in [4.78, 5) is 0. The van der Waals surface area contributed by atoms with Gasteiger partial charge in [0.15, 0.2) is 0 Å². The summed E-state index contributed by atoms with van der Waals surface area (Å²) in [5, 5.41) is 3.54. The minimum atomic E-state index is 0.381. The quantitative estimate of drug-likeness (QED) is 0.564. The summed E-state index contributed by atoms with van der Waals surface area (Å²) in [6, 6.07) is 0.543. The Labute approximate surface area is 95.8 Å². The van der Waals surface area contributed by atoms with E-state index in [4.69, 9.17) is 4.74 Å². The third-order valence-corrected chi connectivity index (χ3v) is 2.99. The average molecular weight is 215 g/mol. The van der Waals surface area contributed by atoms with Crippen LogP contribution in [0.25, 0.3) is 0 Å². The summed E-state index contributed by atoms with van der Waals surface area (Å²) in [6.45, 7) is 7.66. The minimum Gasteiger partial charge on any atom is -0.380 e. The van der Waals surface area contributed by atoms with Crippen molar-refractivity contribution in [2.24, 2.45) is 0 Å². The van der Waals surface area contributed by atoms with Crippen LogP contribution in [0.15, 0.2) is 0 Å². The fourth-order valence-electron chi connectivity index (χ4n) is 2.09. The van der Waals surface area contributed by atoms with Crippen LogP contribution in [0.4, 0.5) is 0 Å². The number of hydrogen-bond donors (Lipinski definition) is 1. The summed E-state index contributed by atoms with van der Waals surface area (Å²) >= 11 is 0. The first-order valence-corrected chi connectivity index (χ1v) is 6.56. The first-order valence-electron chi connectivity index (χ1n) is 6.56. The Morgan fingerprint density at radius 2 is 1.80 bits per heavy atom. The van der Waals surface area contributed by atoms with Gasteiger partial charge in [-0.05, 0) is 19.4 Å². The fraction of sp³-hybridized carbons (Fsp3) is 1.00. The van der Waals surface area contributed by atoms with Crippen LogP contribution in [0.5, 0.6) is 0 Å². The molecule has 0 radical (unpaired) electrons. The van der Waals surface area contributed by atoms with E-state index in [2.05, 4.69) is 26.1 Å². The van der Waals surface area contributed by atoms with Crippen LogP contribution in [0.1, 0.15) is 59.3 Å². The zero-order valence-corrected chi connectivity index (χ0v) is 11.0. The topological polar surface area (TPSA) is 21.3 Å². The molecule has 92 valence electrons. The maximum atomic E-state index is 5.51. The maximum Gasteiger partial charge on any atom is 0.0721 e. The van der Waals surface area contributed by atoms with Crippen LogP contribution in [0.3, 0.4) is 0 Å². The molecule has 0 aliphatic rings. The van der Waals surface area contributed by atoms with Gasteiger partial charge in [-0.3, -0.25) is 0 Å². The Morgan fingerprint density at radius 3 is 2.27 bits per heavy atom. The van der Waals surface area contributed by atoms with Crippen molar-refractivity contribution in [3.63, 3.8) is 0 Å². The third-order valence-electron chi connectivity index (χ3n) is 2.99. The molecule has 15 heavy (non-hydrogen) atoms. The van der Waals surface area contributed by atoms with E-state index in [0.29, 0.717) is 12.1 Å². The molecule has 2 nitrogen and oxygen atoms in total. The Bertz CT molecular complexity index is 124. The van der Waals surface area contributed by atoms with E-state index in [1.165, 1.54) is 32.1 Å². The molecule has 0 saturated carbocycles. The molecule has 0 amide bonds. The molecular formula is C13H29NO. The minimum absolute atomic E-state index is 0.381. The molecule has 0 aromatic rings. The van der Waals surface area contributed by atoms with Gasteiger partial charge in [0.05, 0.1) is 6.10 Å². The smallest absolute Gasteiger partial charge is 0.0721 e. The van der Waals surface area contributed by atoms with Gasteiger partial charge in [0.25, 0.3) is 0 Å². The molecule has 2 unspecified atom stereocenters. The molecule has 0 aromatic carbocycles. The predicted molar refractivity (Wildman–Crippen MR) is 67.3 cm³/mol. The van der Waals surface area contributed by atoms with Gasteiger partial charge in [-0.15, -0.1) is 0 Å². The molecule has 2 atom stereocenters. The zero-order valence-electron chi connectivity index (χ0n) is 11.0. The summed E-state index contributed by atoms with van der Waals surface area (Å²) in [7, 11) is 1.82. The van der Waals surface area contributed by atoms with E-state index in [9.17, 15) is 0 Å². The molecule has 0 heterocycles. The number of nitrogens with one attached hydrogen (secondary N) is 1. The van der Waals surface area contributed by atoms with Gasteiger partial charge in [0.2, 0.25) is 0 Å². The Hall–Kier alpha value is -0.0800. The lowest BCUT2D eigenvalue weighted by Crippen LogP contribution is -2.40. The molecule has 0 spiro atoms. The predicted octanol–water partition coefficient (Wildman–Crippen LogP) is 3.36. The van der Waals surface area contributed by atoms with Crippen LogP contribution in [-0.4, -0.2) is 25.8 Å². The Balaban J connectivity index is 3.80. The van der Waals surface area contributed by atoms with Crippen molar-refractivity contribution in [1.29, 1.82) is 0 Å². The van der Waals surface area contributed by atoms with Crippen LogP contribution in [0.2, 0.25) is 0 Å². The number of unbranched alkanes of at least 4 members (excludes halogenated alkanes) is 3. The highest BCUT2D eigenvalue weighted by molar-refractivity contribution is 4.75. The van der Waals surface area contributed by atoms with Crippen molar-refractivity contribution >= 4 is 0 Å². The molecule has 0 fully saturated rings. The first kappa shape index (κ1) is 14.9. The van der Waals surface area contributed by atoms with E-state index in [1.807, 2.05) is 7.11 Å². The Morgan fingerprint density at radius 1 is 1.07 bits per heavy atom. The standard InChI is InChI=1S/C13H29NO/c1-5-8-9-10-11-12(14-7-3)13(6-2)15-4/h12-14H,5-11H2,1-4H3. The van der Waals surface area contributed by atoms with Crippen LogP contribution in [-0.2, 0) is 4.74 Å². The highest BCUT2D eigenvalue weighted by atomic mass is 16.5. The molecule has 0 rings (SSSR count). The largest absolute Gasteiger partial charge is 0.380 e. The van der Waals surface area contributed by atoms with Gasteiger partial charge in [-0.2, -0.15) is 0 Å². The summed E-state index contributed by atoms with van der Waals surface area (Å²) in [5.41, 5.74) is 0. The maximum absolute atomic E-state index is 5.51. The normalized spacial score (nSPS) is 15.2. The highest BCUT2D eigenvalue weighted by Gasteiger charge is 2.17. The van der Waals surface area contributed by atoms with Gasteiger partial charge in [-0.1, -0.05) is 46.5 Å². The molecule has 0 aliphatic carbocycles. The lowest BCUT2D eigenvalue weighted by atomic mass is 10.0. The lowest BCUT2D eigenvalue weighted by molar-refractivity contribution is 0.0621. The van der Waals surface area contributed by atoms with Gasteiger partial charge in [-0.25, -0.2) is 0 Å². The number of hydrogen-bond acceptors (Lipinski definition) is 2. The number of ether oxygens (including phenoxy) is 1. The van der Waals surface area contributed by atoms with Crippen molar-refractivity contribution in [3.8, 4) is 0 Å². The van der Waals surface area contributed by atoms with Crippen molar-refractivity contribution in [3.05, 3.63) is 0 Å². The summed E-state index contributed by atoms with van der Waals surface area (Å²) < 4.78 is 5.51. The third kappa shape index (κ3) is 6.91. The van der Waals surface area contributed by atoms with Crippen molar-refractivity contribution in [2.75, 3.05) is 13.7 Å². The second kappa shape index (κ2) is 10.4. The second-order valence-corrected chi connectivity index (χ2v) is 4.20. The van der Waals surface area contributed by atoms with Crippen molar-refractivity contribution < 1.29 is 4.74 Å². The fourth-order valence-corrected chi connectivity index (χ4v) is 2.09. The summed E-state index contributed by atoms with van der Waals surface area (Å²) in [6.07, 6.45) is 8.09. The van der Waals surface area contributed by atoms with Crippen LogP contribution >= 0.6 is 0 Å². The number of rotatable bonds is 10. The van der Waals surface area contributed by atoms with E-state index in [-0.39, 0.29) is 0 Å². The molecular weight excluding hydrogens is 186 g/mol. The molecule has 0 bridgehead atoms. The molecule has 0 saturated heterocycles. The zero-order chi connectivity index (χ0) is 11.5. The molecule has 1 N–H and O–H groups in total. The van der Waals surface area contributed by atoms with Gasteiger partial charge in [0.1, 0.15) is 0 Å². The number of likely N-dealkylation sites (N-methyl/N-ethyl adjacent to an activating group) is 1. The van der Waals surface area contributed by atoms with E-state index < -0.39 is 0 Å². The molecule has 0 aromatic heterocycles. The highest BCUT2D eigenvalue weighted by Crippen LogP contribution is 2.12. The van der Waals surface area contributed by atoms with E-state index >= 15 is 0 Å². The monoisotopic (exact) mass is 215 g/mol. The van der Waals surface area contributed by atoms with Gasteiger partial charge in [0, 0.05) is 13.2 Å². The number of methoxy groups -OCH3 is 1. The van der Waals surface area contributed by atoms with Gasteiger partial charge >= 0.3 is 0 Å². The molecule has 0 aliphatic heterocycles. The lowest BCUT2D eigenvalue weighted by Gasteiger charge is -2.25. The summed E-state index contributed by atoms with van der Waals surface area (Å²) in [5.74, 6) is 0.